The zero-order chi connectivity index (χ0) is 19.8. The number of aliphatic imine (C=N–C) groups is 1. The summed E-state index contributed by atoms with van der Waals surface area (Å²) in [5, 5.41) is 11.1. The Morgan fingerprint density at radius 3 is 2.33 bits per heavy atom. The third-order valence-electron chi connectivity index (χ3n) is 5.19. The molecule has 1 aliphatic rings. The highest BCUT2D eigenvalue weighted by Gasteiger charge is 2.34. The average Bonchev–Trinajstić information content (AvgIpc) is 3.00. The van der Waals surface area contributed by atoms with Gasteiger partial charge >= 0.3 is 0 Å². The van der Waals surface area contributed by atoms with Crippen LogP contribution in [0.3, 0.4) is 0 Å². The van der Waals surface area contributed by atoms with Gasteiger partial charge in [0.1, 0.15) is 19.3 Å². The summed E-state index contributed by atoms with van der Waals surface area (Å²) in [6.07, 6.45) is 22.8. The Hall–Kier alpha value is -1.46. The Bertz CT molecular complexity index is 500. The van der Waals surface area contributed by atoms with E-state index in [1.807, 2.05) is 6.20 Å². The van der Waals surface area contributed by atoms with Crippen LogP contribution in [-0.2, 0) is 4.79 Å². The van der Waals surface area contributed by atoms with Crippen molar-refractivity contribution in [3.63, 3.8) is 0 Å². The first kappa shape index (κ1) is 23.6. The van der Waals surface area contributed by atoms with E-state index in [1.54, 1.807) is 6.20 Å². The highest BCUT2D eigenvalue weighted by atomic mass is 16.4. The van der Waals surface area contributed by atoms with Gasteiger partial charge in [-0.1, -0.05) is 57.6 Å². The van der Waals surface area contributed by atoms with Gasteiger partial charge in [0.05, 0.1) is 12.2 Å². The predicted octanol–water partition coefficient (Wildman–Crippen LogP) is 3.65. The molecule has 1 aliphatic heterocycles. The number of quaternary nitrogens is 1. The number of hydrogen-bond donors (Lipinski definition) is 1. The number of carboxylic acid groups (broad SMARTS) is 1. The zero-order valence-electron chi connectivity index (χ0n) is 17.2. The molecule has 0 aromatic rings. The van der Waals surface area contributed by atoms with E-state index in [1.165, 1.54) is 51.4 Å². The summed E-state index contributed by atoms with van der Waals surface area (Å²) < 4.78 is 0.229. The number of nitrogens with zero attached hydrogens (tertiary/aromatic N) is 2. The van der Waals surface area contributed by atoms with Gasteiger partial charge < -0.3 is 15.6 Å². The normalized spacial score (nSPS) is 19.1. The summed E-state index contributed by atoms with van der Waals surface area (Å²) in [5.74, 6) is -0.160. The second-order valence-electron chi connectivity index (χ2n) is 7.55. The number of rotatable bonds is 17. The Labute approximate surface area is 165 Å². The largest absolute Gasteiger partial charge is 0.544 e. The second kappa shape index (κ2) is 14.6. The highest BCUT2D eigenvalue weighted by Crippen LogP contribution is 2.20. The van der Waals surface area contributed by atoms with Crippen LogP contribution in [0.15, 0.2) is 29.5 Å². The van der Waals surface area contributed by atoms with Crippen LogP contribution in [0.4, 0.5) is 0 Å². The number of nitrogens with two attached hydrogens (primary N) is 1. The lowest BCUT2D eigenvalue weighted by Crippen LogP contribution is -2.55. The maximum absolute atomic E-state index is 11.1. The Morgan fingerprint density at radius 1 is 1.07 bits per heavy atom. The van der Waals surface area contributed by atoms with Gasteiger partial charge in [0.15, 0.2) is 0 Å². The van der Waals surface area contributed by atoms with Crippen LogP contribution in [0.1, 0.15) is 84.0 Å². The van der Waals surface area contributed by atoms with Gasteiger partial charge in [0.25, 0.3) is 0 Å². The van der Waals surface area contributed by atoms with Crippen molar-refractivity contribution in [2.75, 3.05) is 19.6 Å². The lowest BCUT2D eigenvalue weighted by atomic mass is 10.1. The zero-order valence-corrected chi connectivity index (χ0v) is 17.2. The number of aliphatic carboxylic acids is 1. The fourth-order valence-corrected chi connectivity index (χ4v) is 3.62. The molecule has 1 atom stereocenters. The Kier molecular flexibility index (Phi) is 12.7. The van der Waals surface area contributed by atoms with E-state index in [2.05, 4.69) is 24.1 Å². The van der Waals surface area contributed by atoms with Crippen molar-refractivity contribution in [1.29, 1.82) is 0 Å². The molecular formula is C22H39N3O2. The van der Waals surface area contributed by atoms with Crippen LogP contribution < -0.4 is 10.8 Å². The van der Waals surface area contributed by atoms with Gasteiger partial charge in [-0.25, -0.2) is 9.48 Å². The van der Waals surface area contributed by atoms with Gasteiger partial charge in [-0.15, -0.1) is 0 Å². The molecule has 0 aromatic carbocycles. The minimum atomic E-state index is -1.06. The standard InChI is InChI=1S/C22H39N3O2/c1-2-3-4-5-6-7-8-9-10-11-12-13-14-15-21-24-17-19-25(21,18-16-23)20-22(26)27/h10-11,17,19H,2-9,12-16,18,20,23H2,1H3/b11-10+. The van der Waals surface area contributed by atoms with E-state index < -0.39 is 5.97 Å². The quantitative estimate of drug-likeness (QED) is 0.239. The summed E-state index contributed by atoms with van der Waals surface area (Å²) >= 11 is 0. The van der Waals surface area contributed by atoms with Crippen molar-refractivity contribution in [2.24, 2.45) is 10.7 Å². The topological polar surface area (TPSA) is 78.5 Å². The number of allylic oxidation sites excluding steroid dienone is 2. The third kappa shape index (κ3) is 9.87. The molecule has 1 rings (SSSR count). The summed E-state index contributed by atoms with van der Waals surface area (Å²) in [6, 6.07) is 0. The number of unbranched alkanes of at least 4 members (excludes halogenated alkanes) is 9. The number of amidine groups is 1. The molecule has 5 nitrogen and oxygen atoms in total. The fraction of sp³-hybridized carbons (Fsp3) is 0.727. The highest BCUT2D eigenvalue weighted by molar-refractivity contribution is 5.80. The molecule has 0 aliphatic carbocycles. The van der Waals surface area contributed by atoms with Crippen molar-refractivity contribution in [1.82, 2.24) is 0 Å². The summed E-state index contributed by atoms with van der Waals surface area (Å²) in [4.78, 5) is 15.5. The van der Waals surface area contributed by atoms with Crippen LogP contribution in [-0.4, -0.2) is 35.9 Å². The average molecular weight is 378 g/mol. The molecule has 0 radical (unpaired) electrons. The van der Waals surface area contributed by atoms with Crippen LogP contribution in [0.25, 0.3) is 0 Å². The van der Waals surface area contributed by atoms with Crippen LogP contribution in [0, 0.1) is 0 Å². The van der Waals surface area contributed by atoms with Crippen molar-refractivity contribution >= 4 is 11.8 Å². The Balaban J connectivity index is 2.12. The SMILES string of the molecule is CCCCCCCCC/C=C/CCCCC1=NC=C[N+]1(CCN)CC(=O)[O-]. The molecule has 1 heterocycles. The van der Waals surface area contributed by atoms with E-state index in [9.17, 15) is 9.90 Å². The smallest absolute Gasteiger partial charge is 0.207 e. The summed E-state index contributed by atoms with van der Waals surface area (Å²) in [7, 11) is 0. The lowest BCUT2D eigenvalue weighted by Gasteiger charge is -2.32. The van der Waals surface area contributed by atoms with E-state index in [-0.39, 0.29) is 11.0 Å². The van der Waals surface area contributed by atoms with E-state index in [0.717, 1.165) is 31.5 Å². The first-order valence-corrected chi connectivity index (χ1v) is 10.8. The van der Waals surface area contributed by atoms with Gasteiger partial charge in [0, 0.05) is 13.0 Å². The number of carboxylic acids is 1. The van der Waals surface area contributed by atoms with Crippen molar-refractivity contribution in [2.45, 2.75) is 84.0 Å². The number of carbonyl (C=O) groups excluding carboxylic acids is 1. The molecule has 2 N–H and O–H groups in total. The molecule has 0 fully saturated rings. The first-order valence-electron chi connectivity index (χ1n) is 10.8. The Morgan fingerprint density at radius 2 is 1.70 bits per heavy atom. The molecule has 1 unspecified atom stereocenters. The maximum atomic E-state index is 11.1. The summed E-state index contributed by atoms with van der Waals surface area (Å²) in [5.41, 5.74) is 5.68. The van der Waals surface area contributed by atoms with E-state index in [0.29, 0.717) is 13.1 Å². The number of carbonyl (C=O) groups is 1. The molecule has 27 heavy (non-hydrogen) atoms. The minimum absolute atomic E-state index is 0.0785. The van der Waals surface area contributed by atoms with Gasteiger partial charge in [0.2, 0.25) is 5.84 Å². The fourth-order valence-electron chi connectivity index (χ4n) is 3.62. The molecule has 0 spiro atoms. The van der Waals surface area contributed by atoms with Crippen molar-refractivity contribution in [3.05, 3.63) is 24.6 Å². The second-order valence-corrected chi connectivity index (χ2v) is 7.55. The van der Waals surface area contributed by atoms with Crippen LogP contribution in [0.2, 0.25) is 0 Å². The van der Waals surface area contributed by atoms with Crippen LogP contribution in [0.5, 0.6) is 0 Å². The lowest BCUT2D eigenvalue weighted by molar-refractivity contribution is -0.780. The molecular weight excluding hydrogens is 338 g/mol. The van der Waals surface area contributed by atoms with Crippen LogP contribution >= 0.6 is 0 Å². The monoisotopic (exact) mass is 377 g/mol. The molecule has 154 valence electrons. The number of hydrogen-bond acceptors (Lipinski definition) is 4. The molecule has 0 aromatic heterocycles. The van der Waals surface area contributed by atoms with Crippen molar-refractivity contribution < 1.29 is 14.4 Å². The molecule has 5 heteroatoms. The minimum Gasteiger partial charge on any atom is -0.544 e. The van der Waals surface area contributed by atoms with Gasteiger partial charge in [-0.05, 0) is 32.1 Å². The predicted molar refractivity (Wildman–Crippen MR) is 111 cm³/mol. The molecule has 0 amide bonds. The first-order chi connectivity index (χ1) is 13.1. The van der Waals surface area contributed by atoms with Gasteiger partial charge in [-0.3, -0.25) is 0 Å². The molecule has 0 saturated heterocycles. The summed E-state index contributed by atoms with van der Waals surface area (Å²) in [6.45, 7) is 3.16. The molecule has 0 bridgehead atoms. The van der Waals surface area contributed by atoms with E-state index >= 15 is 0 Å². The molecule has 0 saturated carbocycles. The van der Waals surface area contributed by atoms with Crippen molar-refractivity contribution in [3.8, 4) is 0 Å². The maximum Gasteiger partial charge on any atom is 0.207 e. The van der Waals surface area contributed by atoms with E-state index in [4.69, 9.17) is 5.73 Å². The third-order valence-corrected chi connectivity index (χ3v) is 5.19. The van der Waals surface area contributed by atoms with Gasteiger partial charge in [-0.2, -0.15) is 0 Å².